The van der Waals surface area contributed by atoms with Crippen molar-refractivity contribution in [3.05, 3.63) is 27.2 Å². The molecular weight excluding hydrogens is 328 g/mol. The summed E-state index contributed by atoms with van der Waals surface area (Å²) in [6, 6.07) is 3.72. The minimum absolute atomic E-state index is 0.132. The van der Waals surface area contributed by atoms with E-state index in [2.05, 4.69) is 15.9 Å². The van der Waals surface area contributed by atoms with Crippen LogP contribution in [0.1, 0.15) is 37.7 Å². The Hall–Kier alpha value is -0.540. The number of hydrogen-bond donors (Lipinski definition) is 0. The first-order chi connectivity index (χ1) is 9.08. The van der Waals surface area contributed by atoms with Gasteiger partial charge in [0.1, 0.15) is 12.4 Å². The van der Waals surface area contributed by atoms with Crippen molar-refractivity contribution in [2.24, 2.45) is 5.92 Å². The molecule has 19 heavy (non-hydrogen) atoms. The smallest absolute Gasteiger partial charge is 0.173 e. The van der Waals surface area contributed by atoms with Crippen molar-refractivity contribution in [1.29, 1.82) is 0 Å². The van der Waals surface area contributed by atoms with Crippen LogP contribution in [-0.4, -0.2) is 12.4 Å². The van der Waals surface area contributed by atoms with Gasteiger partial charge in [-0.1, -0.05) is 46.8 Å². The number of benzene rings is 1. The molecule has 0 radical (unpaired) electrons. The number of Topliss-reactive ketones (excluding diaryl/α,β-unsaturated/α-hetero) is 1. The highest BCUT2D eigenvalue weighted by atomic mass is 79.9. The number of carbonyl (C=O) groups excluding carboxylic acids is 1. The van der Waals surface area contributed by atoms with Gasteiger partial charge in [-0.25, -0.2) is 0 Å². The average Bonchev–Trinajstić information content (AvgIpc) is 2.38. The van der Waals surface area contributed by atoms with Crippen molar-refractivity contribution in [3.8, 4) is 5.75 Å². The minimum Gasteiger partial charge on any atom is -0.484 e. The molecule has 0 aliphatic heterocycles. The maximum absolute atomic E-state index is 12.1. The largest absolute Gasteiger partial charge is 0.484 e. The lowest BCUT2D eigenvalue weighted by molar-refractivity contribution is -0.125. The van der Waals surface area contributed by atoms with Crippen LogP contribution in [0.3, 0.4) is 0 Å². The molecule has 0 spiro atoms. The van der Waals surface area contributed by atoms with Crippen molar-refractivity contribution in [1.82, 2.24) is 0 Å². The molecule has 0 amide bonds. The van der Waals surface area contributed by atoms with Gasteiger partial charge in [-0.3, -0.25) is 4.79 Å². The van der Waals surface area contributed by atoms with Crippen LogP contribution in [0.4, 0.5) is 0 Å². The second kappa shape index (κ2) is 6.76. The van der Waals surface area contributed by atoms with Crippen molar-refractivity contribution < 1.29 is 9.53 Å². The quantitative estimate of drug-likeness (QED) is 0.772. The first-order valence-corrected chi connectivity index (χ1v) is 7.86. The fourth-order valence-corrected chi connectivity index (χ4v) is 3.58. The van der Waals surface area contributed by atoms with Crippen LogP contribution in [0.2, 0.25) is 5.02 Å². The molecule has 0 aromatic heterocycles. The predicted molar refractivity (Wildman–Crippen MR) is 81.0 cm³/mol. The summed E-state index contributed by atoms with van der Waals surface area (Å²) in [6.07, 6.45) is 5.59. The Bertz CT molecular complexity index is 444. The molecule has 0 bridgehead atoms. The number of aryl methyl sites for hydroxylation is 1. The second-order valence-electron chi connectivity index (χ2n) is 5.12. The van der Waals surface area contributed by atoms with Crippen molar-refractivity contribution in [3.63, 3.8) is 0 Å². The van der Waals surface area contributed by atoms with Gasteiger partial charge in [0.05, 0.1) is 5.02 Å². The Kier molecular flexibility index (Phi) is 5.28. The zero-order chi connectivity index (χ0) is 13.8. The van der Waals surface area contributed by atoms with E-state index < -0.39 is 0 Å². The third kappa shape index (κ3) is 3.96. The van der Waals surface area contributed by atoms with Crippen molar-refractivity contribution >= 4 is 33.3 Å². The summed E-state index contributed by atoms with van der Waals surface area (Å²) in [7, 11) is 0. The Morgan fingerprint density at radius 1 is 1.37 bits per heavy atom. The van der Waals surface area contributed by atoms with E-state index in [1.807, 2.05) is 13.0 Å². The Balaban J connectivity index is 1.96. The summed E-state index contributed by atoms with van der Waals surface area (Å²) >= 11 is 9.52. The number of halogens is 2. The Morgan fingerprint density at radius 3 is 2.68 bits per heavy atom. The molecule has 0 saturated heterocycles. The molecule has 0 atom stereocenters. The summed E-state index contributed by atoms with van der Waals surface area (Å²) in [5, 5.41) is 0.545. The van der Waals surface area contributed by atoms with Crippen LogP contribution in [0.5, 0.6) is 5.75 Å². The van der Waals surface area contributed by atoms with Crippen LogP contribution >= 0.6 is 27.5 Å². The summed E-state index contributed by atoms with van der Waals surface area (Å²) in [5.41, 5.74) is 0.941. The summed E-state index contributed by atoms with van der Waals surface area (Å²) in [5.74, 6) is 1.01. The standard InChI is InChI=1S/C15H18BrClO2/c1-10-7-12(16)8-13(17)15(10)19-9-14(18)11-5-3-2-4-6-11/h7-8,11H,2-6,9H2,1H3. The molecule has 1 aromatic rings. The molecule has 1 saturated carbocycles. The normalized spacial score (nSPS) is 16.4. The summed E-state index contributed by atoms with van der Waals surface area (Å²) < 4.78 is 6.55. The van der Waals surface area contributed by atoms with E-state index in [-0.39, 0.29) is 18.3 Å². The molecule has 0 unspecified atom stereocenters. The minimum atomic E-state index is 0.132. The molecule has 0 N–H and O–H groups in total. The highest BCUT2D eigenvalue weighted by Crippen LogP contribution is 2.32. The number of rotatable bonds is 4. The number of carbonyl (C=O) groups is 1. The van der Waals surface area contributed by atoms with Gasteiger partial charge in [-0.15, -0.1) is 0 Å². The lowest BCUT2D eigenvalue weighted by Gasteiger charge is -2.20. The molecule has 1 aliphatic carbocycles. The van der Waals surface area contributed by atoms with Crippen molar-refractivity contribution in [2.75, 3.05) is 6.61 Å². The van der Waals surface area contributed by atoms with Gasteiger partial charge in [-0.2, -0.15) is 0 Å². The zero-order valence-corrected chi connectivity index (χ0v) is 13.4. The van der Waals surface area contributed by atoms with Gasteiger partial charge in [0.25, 0.3) is 0 Å². The molecule has 0 heterocycles. The van der Waals surface area contributed by atoms with Gasteiger partial charge < -0.3 is 4.74 Å². The fourth-order valence-electron chi connectivity index (χ4n) is 2.56. The third-order valence-electron chi connectivity index (χ3n) is 3.61. The molecular formula is C15H18BrClO2. The second-order valence-corrected chi connectivity index (χ2v) is 6.45. The zero-order valence-electron chi connectivity index (χ0n) is 11.0. The maximum Gasteiger partial charge on any atom is 0.173 e. The van der Waals surface area contributed by atoms with Gasteiger partial charge >= 0.3 is 0 Å². The number of hydrogen-bond acceptors (Lipinski definition) is 2. The highest BCUT2D eigenvalue weighted by Gasteiger charge is 2.21. The van der Waals surface area contributed by atoms with Crippen LogP contribution in [0.25, 0.3) is 0 Å². The molecule has 4 heteroatoms. The monoisotopic (exact) mass is 344 g/mol. The summed E-state index contributed by atoms with van der Waals surface area (Å²) in [6.45, 7) is 2.06. The van der Waals surface area contributed by atoms with Crippen LogP contribution in [-0.2, 0) is 4.79 Å². The highest BCUT2D eigenvalue weighted by molar-refractivity contribution is 9.10. The lowest BCUT2D eigenvalue weighted by atomic mass is 9.86. The molecule has 2 nitrogen and oxygen atoms in total. The van der Waals surface area contributed by atoms with Gasteiger partial charge in [0.2, 0.25) is 0 Å². The first-order valence-electron chi connectivity index (χ1n) is 6.69. The first kappa shape index (κ1) is 14.9. The van der Waals surface area contributed by atoms with E-state index in [1.165, 1.54) is 6.42 Å². The van der Waals surface area contributed by atoms with Crippen LogP contribution in [0.15, 0.2) is 16.6 Å². The van der Waals surface area contributed by atoms with Crippen LogP contribution < -0.4 is 4.74 Å². The van der Waals surface area contributed by atoms with E-state index in [0.29, 0.717) is 10.8 Å². The Labute approximate surface area is 127 Å². The van der Waals surface area contributed by atoms with E-state index in [1.54, 1.807) is 6.07 Å². The topological polar surface area (TPSA) is 26.3 Å². The third-order valence-corrected chi connectivity index (χ3v) is 4.35. The number of ketones is 1. The van der Waals surface area contributed by atoms with Gasteiger partial charge in [0, 0.05) is 10.4 Å². The predicted octanol–water partition coefficient (Wildman–Crippen LogP) is 4.94. The SMILES string of the molecule is Cc1cc(Br)cc(Cl)c1OCC(=O)C1CCCCC1. The molecule has 2 rings (SSSR count). The Morgan fingerprint density at radius 2 is 2.05 bits per heavy atom. The van der Waals surface area contributed by atoms with Gasteiger partial charge in [-0.05, 0) is 37.5 Å². The maximum atomic E-state index is 12.1. The fraction of sp³-hybridized carbons (Fsp3) is 0.533. The summed E-state index contributed by atoms with van der Waals surface area (Å²) in [4.78, 5) is 12.1. The molecule has 104 valence electrons. The van der Waals surface area contributed by atoms with E-state index >= 15 is 0 Å². The van der Waals surface area contributed by atoms with Crippen LogP contribution in [0, 0.1) is 12.8 Å². The number of ether oxygens (including phenoxy) is 1. The lowest BCUT2D eigenvalue weighted by Crippen LogP contribution is -2.23. The van der Waals surface area contributed by atoms with Crippen molar-refractivity contribution in [2.45, 2.75) is 39.0 Å². The molecule has 1 fully saturated rings. The van der Waals surface area contributed by atoms with Gasteiger partial charge in [0.15, 0.2) is 5.78 Å². The molecule has 1 aliphatic rings. The van der Waals surface area contributed by atoms with E-state index in [0.717, 1.165) is 35.7 Å². The van der Waals surface area contributed by atoms with E-state index in [4.69, 9.17) is 16.3 Å². The van der Waals surface area contributed by atoms with E-state index in [9.17, 15) is 4.79 Å². The molecule has 1 aromatic carbocycles. The average molecular weight is 346 g/mol.